The Labute approximate surface area is 142 Å². The van der Waals surface area contributed by atoms with Crippen LogP contribution < -0.4 is 9.62 Å². The Morgan fingerprint density at radius 1 is 1.43 bits per heavy atom. The van der Waals surface area contributed by atoms with Gasteiger partial charge in [0.25, 0.3) is 0 Å². The molecule has 8 heteroatoms. The molecule has 1 N–H and O–H groups in total. The van der Waals surface area contributed by atoms with Crippen molar-refractivity contribution in [3.05, 3.63) is 29.3 Å². The number of anilines is 1. The Morgan fingerprint density at radius 3 is 2.65 bits per heavy atom. The summed E-state index contributed by atoms with van der Waals surface area (Å²) in [5.41, 5.74) is 0.374. The molecular formula is C15H23ClN2O4S. The van der Waals surface area contributed by atoms with Gasteiger partial charge < -0.3 is 10.1 Å². The lowest BCUT2D eigenvalue weighted by atomic mass is 10.2. The number of nitrogens with one attached hydrogen (secondary N) is 1. The number of hydrogen-bond acceptors (Lipinski definition) is 4. The van der Waals surface area contributed by atoms with Crippen molar-refractivity contribution in [1.82, 2.24) is 5.32 Å². The van der Waals surface area contributed by atoms with E-state index < -0.39 is 16.1 Å². The highest BCUT2D eigenvalue weighted by molar-refractivity contribution is 7.92. The molecule has 0 radical (unpaired) electrons. The van der Waals surface area contributed by atoms with Crippen LogP contribution in [0.3, 0.4) is 0 Å². The van der Waals surface area contributed by atoms with Gasteiger partial charge in [0.2, 0.25) is 15.9 Å². The summed E-state index contributed by atoms with van der Waals surface area (Å²) in [6, 6.07) is 5.62. The normalized spacial score (nSPS) is 12.7. The maximum atomic E-state index is 12.4. The number of ether oxygens (including phenoxy) is 1. The molecule has 1 amide bonds. The Balaban J connectivity index is 3.02. The van der Waals surface area contributed by atoms with Crippen molar-refractivity contribution < 1.29 is 17.9 Å². The first kappa shape index (κ1) is 19.7. The fourth-order valence-electron chi connectivity index (χ4n) is 2.22. The third-order valence-corrected chi connectivity index (χ3v) is 4.63. The van der Waals surface area contributed by atoms with Gasteiger partial charge >= 0.3 is 0 Å². The SMILES string of the molecule is CCC(C(=O)NCCCOC)N(c1cccc(Cl)c1)S(C)(=O)=O. The second-order valence-corrected chi connectivity index (χ2v) is 7.40. The van der Waals surface area contributed by atoms with Crippen molar-refractivity contribution in [2.45, 2.75) is 25.8 Å². The molecule has 1 rings (SSSR count). The predicted octanol–water partition coefficient (Wildman–Crippen LogP) is 2.04. The van der Waals surface area contributed by atoms with Gasteiger partial charge in [-0.3, -0.25) is 9.10 Å². The lowest BCUT2D eigenvalue weighted by molar-refractivity contribution is -0.122. The van der Waals surface area contributed by atoms with Crippen molar-refractivity contribution in [2.24, 2.45) is 0 Å². The summed E-state index contributed by atoms with van der Waals surface area (Å²) in [6.45, 7) is 2.72. The molecule has 1 unspecified atom stereocenters. The third-order valence-electron chi connectivity index (χ3n) is 3.22. The molecule has 0 saturated heterocycles. The van der Waals surface area contributed by atoms with Gasteiger partial charge in [0, 0.05) is 25.3 Å². The molecule has 23 heavy (non-hydrogen) atoms. The maximum Gasteiger partial charge on any atom is 0.243 e. The van der Waals surface area contributed by atoms with Gasteiger partial charge in [-0.2, -0.15) is 0 Å². The average Bonchev–Trinajstić information content (AvgIpc) is 2.47. The Morgan fingerprint density at radius 2 is 2.13 bits per heavy atom. The van der Waals surface area contributed by atoms with Gasteiger partial charge in [-0.05, 0) is 31.0 Å². The van der Waals surface area contributed by atoms with Crippen LogP contribution in [0.4, 0.5) is 5.69 Å². The molecule has 1 atom stereocenters. The van der Waals surface area contributed by atoms with Crippen LogP contribution >= 0.6 is 11.6 Å². The summed E-state index contributed by atoms with van der Waals surface area (Å²) in [6.07, 6.45) is 2.08. The topological polar surface area (TPSA) is 75.7 Å². The van der Waals surface area contributed by atoms with Crippen molar-refractivity contribution in [3.63, 3.8) is 0 Å². The minimum atomic E-state index is -3.64. The van der Waals surface area contributed by atoms with E-state index >= 15 is 0 Å². The molecule has 0 aliphatic rings. The first-order valence-corrected chi connectivity index (χ1v) is 9.55. The number of hydrogen-bond donors (Lipinski definition) is 1. The van der Waals surface area contributed by atoms with Crippen molar-refractivity contribution in [2.75, 3.05) is 30.8 Å². The number of carbonyl (C=O) groups is 1. The van der Waals surface area contributed by atoms with Crippen molar-refractivity contribution in [1.29, 1.82) is 0 Å². The van der Waals surface area contributed by atoms with Crippen LogP contribution in [0.15, 0.2) is 24.3 Å². The Kier molecular flexibility index (Phi) is 7.81. The molecule has 0 aliphatic heterocycles. The quantitative estimate of drug-likeness (QED) is 0.682. The summed E-state index contributed by atoms with van der Waals surface area (Å²) in [5, 5.41) is 3.16. The fraction of sp³-hybridized carbons (Fsp3) is 0.533. The third kappa shape index (κ3) is 6.01. The number of benzene rings is 1. The smallest absolute Gasteiger partial charge is 0.243 e. The molecule has 0 saturated carbocycles. The van der Waals surface area contributed by atoms with Crippen LogP contribution in [0, 0.1) is 0 Å². The highest BCUT2D eigenvalue weighted by Gasteiger charge is 2.31. The van der Waals surface area contributed by atoms with Crippen molar-refractivity contribution >= 4 is 33.2 Å². The molecule has 0 aromatic heterocycles. The lowest BCUT2D eigenvalue weighted by Crippen LogP contribution is -2.49. The molecule has 1 aromatic rings. The predicted molar refractivity (Wildman–Crippen MR) is 92.4 cm³/mol. The van der Waals surface area contributed by atoms with Crippen LogP contribution in [0.25, 0.3) is 0 Å². The zero-order valence-corrected chi connectivity index (χ0v) is 15.2. The summed E-state index contributed by atoms with van der Waals surface area (Å²) in [7, 11) is -2.05. The molecule has 6 nitrogen and oxygen atoms in total. The number of methoxy groups -OCH3 is 1. The van der Waals surface area contributed by atoms with E-state index in [4.69, 9.17) is 16.3 Å². The van der Waals surface area contributed by atoms with Gasteiger partial charge in [-0.25, -0.2) is 8.42 Å². The monoisotopic (exact) mass is 362 g/mol. The standard InChI is InChI=1S/C15H23ClN2O4S/c1-4-14(15(19)17-9-6-10-22-2)18(23(3,20)21)13-8-5-7-12(16)11-13/h5,7-8,11,14H,4,6,9-10H2,1-3H3,(H,17,19). The Bertz CT molecular complexity index is 622. The van der Waals surface area contributed by atoms with E-state index in [0.29, 0.717) is 36.7 Å². The molecule has 1 aromatic carbocycles. The van der Waals surface area contributed by atoms with Gasteiger partial charge in [0.1, 0.15) is 6.04 Å². The average molecular weight is 363 g/mol. The van der Waals surface area contributed by atoms with Gasteiger partial charge in [0.05, 0.1) is 11.9 Å². The maximum absolute atomic E-state index is 12.4. The highest BCUT2D eigenvalue weighted by Crippen LogP contribution is 2.25. The van der Waals surface area contributed by atoms with Crippen LogP contribution in [-0.4, -0.2) is 46.9 Å². The van der Waals surface area contributed by atoms with E-state index in [1.165, 1.54) is 6.07 Å². The number of rotatable bonds is 9. The zero-order chi connectivity index (χ0) is 17.5. The molecular weight excluding hydrogens is 340 g/mol. The summed E-state index contributed by atoms with van der Waals surface area (Å²) in [5.74, 6) is -0.339. The minimum Gasteiger partial charge on any atom is -0.385 e. The first-order valence-electron chi connectivity index (χ1n) is 7.32. The highest BCUT2D eigenvalue weighted by atomic mass is 35.5. The number of amides is 1. The van der Waals surface area contributed by atoms with E-state index in [9.17, 15) is 13.2 Å². The van der Waals surface area contributed by atoms with Crippen LogP contribution in [-0.2, 0) is 19.6 Å². The number of halogens is 1. The summed E-state index contributed by atoms with van der Waals surface area (Å²) in [4.78, 5) is 12.4. The number of carbonyl (C=O) groups excluding carboxylic acids is 1. The second-order valence-electron chi connectivity index (χ2n) is 5.10. The summed E-state index contributed by atoms with van der Waals surface area (Å²) >= 11 is 5.95. The van der Waals surface area contributed by atoms with Gasteiger partial charge in [0.15, 0.2) is 0 Å². The van der Waals surface area contributed by atoms with Gasteiger partial charge in [-0.15, -0.1) is 0 Å². The number of sulfonamides is 1. The van der Waals surface area contributed by atoms with Crippen molar-refractivity contribution in [3.8, 4) is 0 Å². The van der Waals surface area contributed by atoms with Gasteiger partial charge in [-0.1, -0.05) is 24.6 Å². The second kappa shape index (κ2) is 9.10. The minimum absolute atomic E-state index is 0.339. The molecule has 0 spiro atoms. The number of nitrogens with zero attached hydrogens (tertiary/aromatic N) is 1. The van der Waals surface area contributed by atoms with Crippen LogP contribution in [0.1, 0.15) is 19.8 Å². The molecule has 130 valence electrons. The molecule has 0 aliphatic carbocycles. The molecule has 0 bridgehead atoms. The first-order chi connectivity index (χ1) is 10.8. The zero-order valence-electron chi connectivity index (χ0n) is 13.6. The lowest BCUT2D eigenvalue weighted by Gasteiger charge is -2.30. The van der Waals surface area contributed by atoms with E-state index in [1.807, 2.05) is 0 Å². The van der Waals surface area contributed by atoms with E-state index in [1.54, 1.807) is 32.2 Å². The summed E-state index contributed by atoms with van der Waals surface area (Å²) < 4.78 is 30.5. The molecule has 0 heterocycles. The Hall–Kier alpha value is -1.31. The van der Waals surface area contributed by atoms with E-state index in [2.05, 4.69) is 5.32 Å². The van der Waals surface area contributed by atoms with Crippen LogP contribution in [0.5, 0.6) is 0 Å². The van der Waals surface area contributed by atoms with Crippen LogP contribution in [0.2, 0.25) is 5.02 Å². The van der Waals surface area contributed by atoms with E-state index in [0.717, 1.165) is 10.6 Å². The fourth-order valence-corrected chi connectivity index (χ4v) is 3.61. The molecule has 0 fully saturated rings. The largest absolute Gasteiger partial charge is 0.385 e. The van der Waals surface area contributed by atoms with E-state index in [-0.39, 0.29) is 5.91 Å².